The summed E-state index contributed by atoms with van der Waals surface area (Å²) < 4.78 is 41.1. The molecule has 3 heterocycles. The van der Waals surface area contributed by atoms with Gasteiger partial charge < -0.3 is 21.3 Å². The molecule has 0 spiro atoms. The van der Waals surface area contributed by atoms with Gasteiger partial charge in [-0.1, -0.05) is 90.0 Å². The monoisotopic (exact) mass is 826 g/mol. The standard InChI is InChI=1S/C43H52F3N9O.C4H10/c1-6-7-12-36(55-18-9-17-49-29(55)3)20-39(28(2)53-42(4,5)27-54-26-35(25-51-54)43(44,45)46)52-41(56)38-21-37(38)32-15-13-31(14-16-32)33-19-34(40(47)50-24-33)23-48-22-30-10-8-11-30;1-3-4-2/h9,12-19,23-26,30,37-39,53H,2-3,6-8,10-11,20-22,27H2,1,4-5H3,(H2,47,50)(H,52,56);3-4H2,1-2H3/b36-12-,48-23?;. The highest BCUT2D eigenvalue weighted by Gasteiger charge is 2.45. The molecular weight excluding hydrogens is 764 g/mol. The van der Waals surface area contributed by atoms with Crippen molar-refractivity contribution in [2.75, 3.05) is 12.3 Å². The van der Waals surface area contributed by atoms with Gasteiger partial charge >= 0.3 is 6.18 Å². The molecule has 0 saturated heterocycles. The number of nitrogen functional groups attached to an aromatic ring is 1. The number of benzene rings is 1. The van der Waals surface area contributed by atoms with Crippen molar-refractivity contribution in [2.45, 2.75) is 123 Å². The highest BCUT2D eigenvalue weighted by molar-refractivity contribution is 5.88. The fraction of sp³-hybridized carbons (Fsp3) is 0.468. The molecule has 3 aromatic rings. The van der Waals surface area contributed by atoms with Crippen molar-refractivity contribution < 1.29 is 18.0 Å². The summed E-state index contributed by atoms with van der Waals surface area (Å²) in [6.45, 7) is 19.6. The summed E-state index contributed by atoms with van der Waals surface area (Å²) in [6.07, 6.45) is 17.6. The fourth-order valence-electron chi connectivity index (χ4n) is 7.07. The number of alkyl halides is 3. The van der Waals surface area contributed by atoms with Gasteiger partial charge in [0.25, 0.3) is 0 Å². The first-order chi connectivity index (χ1) is 28.6. The molecule has 1 aromatic carbocycles. The molecule has 60 heavy (non-hydrogen) atoms. The lowest BCUT2D eigenvalue weighted by Gasteiger charge is -2.34. The molecule has 13 heteroatoms. The van der Waals surface area contributed by atoms with Crippen LogP contribution in [0, 0.1) is 11.8 Å². The van der Waals surface area contributed by atoms with E-state index in [1.165, 1.54) is 36.8 Å². The number of nitrogens with zero attached hydrogens (tertiary/aromatic N) is 6. The van der Waals surface area contributed by atoms with E-state index >= 15 is 0 Å². The highest BCUT2D eigenvalue weighted by atomic mass is 19.4. The van der Waals surface area contributed by atoms with Crippen molar-refractivity contribution in [3.63, 3.8) is 0 Å². The molecule has 3 unspecified atom stereocenters. The minimum atomic E-state index is -4.49. The summed E-state index contributed by atoms with van der Waals surface area (Å²) in [5.41, 5.74) is 9.81. The molecule has 2 aliphatic carbocycles. The second-order valence-electron chi connectivity index (χ2n) is 16.7. The minimum absolute atomic E-state index is 0.0537. The van der Waals surface area contributed by atoms with Crippen LogP contribution in [0.2, 0.25) is 0 Å². The zero-order chi connectivity index (χ0) is 43.5. The molecule has 1 amide bonds. The first kappa shape index (κ1) is 45.6. The maximum absolute atomic E-state index is 14.0. The highest BCUT2D eigenvalue weighted by Crippen LogP contribution is 2.48. The molecule has 0 radical (unpaired) electrons. The number of amides is 1. The van der Waals surface area contributed by atoms with Crippen molar-refractivity contribution in [3.8, 4) is 11.1 Å². The van der Waals surface area contributed by atoms with Crippen LogP contribution in [0.4, 0.5) is 19.0 Å². The van der Waals surface area contributed by atoms with Crippen LogP contribution >= 0.6 is 0 Å². The van der Waals surface area contributed by atoms with E-state index in [1.54, 1.807) is 12.4 Å². The smallest absolute Gasteiger partial charge is 0.383 e. The Morgan fingerprint density at radius 3 is 2.43 bits per heavy atom. The first-order valence-electron chi connectivity index (χ1n) is 21.2. The molecule has 3 atom stereocenters. The van der Waals surface area contributed by atoms with Crippen molar-refractivity contribution in [1.29, 1.82) is 0 Å². The van der Waals surface area contributed by atoms with Gasteiger partial charge in [-0.05, 0) is 74.6 Å². The minimum Gasteiger partial charge on any atom is -0.383 e. The Morgan fingerprint density at radius 2 is 1.82 bits per heavy atom. The summed E-state index contributed by atoms with van der Waals surface area (Å²) in [5, 5.41) is 10.6. The number of hydrogen-bond donors (Lipinski definition) is 3. The topological polar surface area (TPSA) is 126 Å². The van der Waals surface area contributed by atoms with Gasteiger partial charge in [-0.3, -0.25) is 14.5 Å². The molecule has 3 aliphatic rings. The summed E-state index contributed by atoms with van der Waals surface area (Å²) in [4.78, 5) is 29.3. The third-order valence-electron chi connectivity index (χ3n) is 11.0. The summed E-state index contributed by atoms with van der Waals surface area (Å²) >= 11 is 0. The maximum atomic E-state index is 14.0. The number of halogens is 3. The van der Waals surface area contributed by atoms with Crippen LogP contribution in [0.25, 0.3) is 11.1 Å². The normalized spacial score (nSPS) is 18.5. The lowest BCUT2D eigenvalue weighted by atomic mass is 9.86. The van der Waals surface area contributed by atoms with E-state index < -0.39 is 23.3 Å². The quantitative estimate of drug-likeness (QED) is 0.110. The van der Waals surface area contributed by atoms with Crippen LogP contribution in [-0.4, -0.2) is 56.1 Å². The summed E-state index contributed by atoms with van der Waals surface area (Å²) in [7, 11) is 0. The van der Waals surface area contributed by atoms with Crippen molar-refractivity contribution in [2.24, 2.45) is 21.8 Å². The Balaban J connectivity index is 0.00000163. The first-order valence-corrected chi connectivity index (χ1v) is 21.2. The Labute approximate surface area is 353 Å². The second kappa shape index (κ2) is 20.7. The molecular formula is C47H62F3N9O. The number of carbonyl (C=O) groups excluding carboxylic acids is 1. The molecule has 1 aliphatic heterocycles. The molecule has 322 valence electrons. The molecule has 4 N–H and O–H groups in total. The number of allylic oxidation sites excluding steroid dienone is 2. The van der Waals surface area contributed by atoms with Gasteiger partial charge in [0, 0.05) is 72.4 Å². The average Bonchev–Trinajstić information content (AvgIpc) is 3.86. The van der Waals surface area contributed by atoms with Crippen molar-refractivity contribution in [1.82, 2.24) is 30.3 Å². The van der Waals surface area contributed by atoms with E-state index in [-0.39, 0.29) is 24.3 Å². The Bertz CT molecular complexity index is 2060. The predicted molar refractivity (Wildman–Crippen MR) is 237 cm³/mol. The summed E-state index contributed by atoms with van der Waals surface area (Å²) in [5.74, 6) is 1.39. The van der Waals surface area contributed by atoms with Gasteiger partial charge in [-0.25, -0.2) is 9.98 Å². The molecule has 10 nitrogen and oxygen atoms in total. The second-order valence-corrected chi connectivity index (χ2v) is 16.7. The van der Waals surface area contributed by atoms with E-state index in [2.05, 4.69) is 82.8 Å². The van der Waals surface area contributed by atoms with Gasteiger partial charge in [-0.15, -0.1) is 0 Å². The molecule has 2 fully saturated rings. The van der Waals surface area contributed by atoms with Gasteiger partial charge in [0.05, 0.1) is 29.9 Å². The van der Waals surface area contributed by atoms with E-state index in [0.717, 1.165) is 59.7 Å². The van der Waals surface area contributed by atoms with Crippen molar-refractivity contribution in [3.05, 3.63) is 114 Å². The lowest BCUT2D eigenvalue weighted by molar-refractivity contribution is -0.137. The van der Waals surface area contributed by atoms with E-state index in [0.29, 0.717) is 36.1 Å². The van der Waals surface area contributed by atoms with Gasteiger partial charge in [0.1, 0.15) is 11.6 Å². The lowest BCUT2D eigenvalue weighted by Crippen LogP contribution is -2.49. The number of hydrogen-bond acceptors (Lipinski definition) is 8. The van der Waals surface area contributed by atoms with Crippen LogP contribution in [0.15, 0.2) is 108 Å². The zero-order valence-electron chi connectivity index (χ0n) is 35.8. The van der Waals surface area contributed by atoms with Gasteiger partial charge in [0.2, 0.25) is 5.91 Å². The van der Waals surface area contributed by atoms with Crippen LogP contribution in [0.1, 0.15) is 115 Å². The number of unbranched alkanes of at least 4 members (excludes halogenated alkanes) is 2. The number of aromatic nitrogens is 3. The van der Waals surface area contributed by atoms with Crippen LogP contribution < -0.4 is 16.4 Å². The number of carbonyl (C=O) groups is 1. The Hall–Kier alpha value is -5.46. The molecule has 0 bridgehead atoms. The fourth-order valence-corrected chi connectivity index (χ4v) is 7.07. The number of pyridine rings is 1. The van der Waals surface area contributed by atoms with Crippen LogP contribution in [0.3, 0.4) is 0 Å². The third kappa shape index (κ3) is 12.8. The molecule has 2 saturated carbocycles. The van der Waals surface area contributed by atoms with Crippen LogP contribution in [-0.2, 0) is 17.5 Å². The number of nitrogens with two attached hydrogens (primary N) is 1. The van der Waals surface area contributed by atoms with Gasteiger partial charge in [-0.2, -0.15) is 18.3 Å². The van der Waals surface area contributed by atoms with E-state index in [4.69, 9.17) is 5.73 Å². The number of rotatable bonds is 18. The largest absolute Gasteiger partial charge is 0.419 e. The Kier molecular flexibility index (Phi) is 15.7. The van der Waals surface area contributed by atoms with E-state index in [9.17, 15) is 18.0 Å². The number of anilines is 1. The maximum Gasteiger partial charge on any atom is 0.419 e. The van der Waals surface area contributed by atoms with Crippen LogP contribution in [0.5, 0.6) is 0 Å². The average molecular weight is 826 g/mol. The third-order valence-corrected chi connectivity index (χ3v) is 11.0. The van der Waals surface area contributed by atoms with Gasteiger partial charge in [0.15, 0.2) is 0 Å². The SMILES string of the molecule is C=C(NC(C)(C)Cn1cc(C(F)(F)F)cn1)C(C/C(=C/CCC)N1C=CC=NC1=C)NC(=O)C1CC1c1ccc(-c2cnc(N)c(C=NCC3CCC3)c2)cc1.CCCC. The number of aliphatic imine (C=N–C) groups is 2. The Morgan fingerprint density at radius 1 is 1.08 bits per heavy atom. The zero-order valence-corrected chi connectivity index (χ0v) is 35.8. The van der Waals surface area contributed by atoms with Crippen molar-refractivity contribution >= 4 is 24.2 Å². The molecule has 2 aromatic heterocycles. The summed E-state index contributed by atoms with van der Waals surface area (Å²) in [6, 6.07) is 9.67. The predicted octanol–water partition coefficient (Wildman–Crippen LogP) is 10.2. The number of nitrogens with one attached hydrogen (secondary N) is 2. The molecule has 6 rings (SSSR count). The van der Waals surface area contributed by atoms with E-state index in [1.807, 2.05) is 55.4 Å².